The van der Waals surface area contributed by atoms with Crippen molar-refractivity contribution in [2.75, 3.05) is 27.7 Å². The quantitative estimate of drug-likeness (QED) is 0.853. The van der Waals surface area contributed by atoms with E-state index in [1.807, 2.05) is 0 Å². The minimum Gasteiger partial charge on any atom is -0.478 e. The first-order valence-electron chi connectivity index (χ1n) is 5.90. The van der Waals surface area contributed by atoms with Gasteiger partial charge in [-0.05, 0) is 19.1 Å². The van der Waals surface area contributed by atoms with Crippen molar-refractivity contribution in [1.29, 1.82) is 0 Å². The minimum absolute atomic E-state index is 0.0496. The van der Waals surface area contributed by atoms with E-state index >= 15 is 0 Å². The number of carbonyl (C=O) groups excluding carboxylic acids is 2. The highest BCUT2D eigenvalue weighted by atomic mass is 16.4. The number of pyridine rings is 1. The molecule has 108 valence electrons. The highest BCUT2D eigenvalue weighted by molar-refractivity contribution is 5.96. The van der Waals surface area contributed by atoms with Crippen LogP contribution >= 0.6 is 0 Å². The summed E-state index contributed by atoms with van der Waals surface area (Å²) in [6, 6.07) is 2.68. The van der Waals surface area contributed by atoms with E-state index in [-0.39, 0.29) is 29.4 Å². The van der Waals surface area contributed by atoms with Gasteiger partial charge in [0.1, 0.15) is 5.69 Å². The van der Waals surface area contributed by atoms with Crippen LogP contribution in [0, 0.1) is 6.92 Å². The molecular weight excluding hydrogens is 262 g/mol. The van der Waals surface area contributed by atoms with Gasteiger partial charge in [0, 0.05) is 21.1 Å². The van der Waals surface area contributed by atoms with Crippen LogP contribution in [0.2, 0.25) is 0 Å². The Bertz CT molecular complexity index is 555. The number of amides is 2. The Hall–Kier alpha value is -2.44. The minimum atomic E-state index is -1.09. The molecule has 0 unspecified atom stereocenters. The fourth-order valence-electron chi connectivity index (χ4n) is 1.52. The summed E-state index contributed by atoms with van der Waals surface area (Å²) < 4.78 is 0. The standard InChI is InChI=1S/C13H17N3O4/c1-8-9(13(19)20)5-6-10(14-8)12(18)16(4)7-11(17)15(2)3/h5-6H,7H2,1-4H3,(H,19,20). The second-order valence-corrected chi connectivity index (χ2v) is 4.58. The van der Waals surface area contributed by atoms with Gasteiger partial charge in [-0.25, -0.2) is 9.78 Å². The fraction of sp³-hybridized carbons (Fsp3) is 0.385. The SMILES string of the molecule is Cc1nc(C(=O)N(C)CC(=O)N(C)C)ccc1C(=O)O. The fourth-order valence-corrected chi connectivity index (χ4v) is 1.52. The molecule has 20 heavy (non-hydrogen) atoms. The second kappa shape index (κ2) is 6.14. The molecule has 1 aromatic heterocycles. The highest BCUT2D eigenvalue weighted by Crippen LogP contribution is 2.08. The number of nitrogens with zero attached hydrogens (tertiary/aromatic N) is 3. The molecule has 0 aromatic carbocycles. The van der Waals surface area contributed by atoms with Crippen LogP contribution in [0.1, 0.15) is 26.5 Å². The zero-order chi connectivity index (χ0) is 15.4. The molecule has 0 saturated carbocycles. The number of hydrogen-bond donors (Lipinski definition) is 1. The first kappa shape index (κ1) is 15.6. The number of aryl methyl sites for hydroxylation is 1. The van der Waals surface area contributed by atoms with E-state index in [9.17, 15) is 14.4 Å². The third-order valence-corrected chi connectivity index (χ3v) is 2.75. The lowest BCUT2D eigenvalue weighted by Gasteiger charge is -2.19. The van der Waals surface area contributed by atoms with Crippen molar-refractivity contribution in [3.63, 3.8) is 0 Å². The third-order valence-electron chi connectivity index (χ3n) is 2.75. The average molecular weight is 279 g/mol. The maximum Gasteiger partial charge on any atom is 0.337 e. The molecule has 1 N–H and O–H groups in total. The predicted molar refractivity (Wildman–Crippen MR) is 71.6 cm³/mol. The van der Waals surface area contributed by atoms with Gasteiger partial charge in [-0.15, -0.1) is 0 Å². The number of aromatic nitrogens is 1. The molecule has 7 heteroatoms. The Morgan fingerprint density at radius 3 is 2.25 bits per heavy atom. The van der Waals surface area contributed by atoms with Gasteiger partial charge in [0.25, 0.3) is 5.91 Å². The maximum atomic E-state index is 12.1. The monoisotopic (exact) mass is 279 g/mol. The summed E-state index contributed by atoms with van der Waals surface area (Å²) in [4.78, 5) is 41.1. The summed E-state index contributed by atoms with van der Waals surface area (Å²) in [5.74, 6) is -1.73. The first-order valence-corrected chi connectivity index (χ1v) is 5.90. The molecule has 7 nitrogen and oxygen atoms in total. The van der Waals surface area contributed by atoms with E-state index in [1.165, 1.54) is 35.9 Å². The maximum absolute atomic E-state index is 12.1. The molecule has 0 aliphatic rings. The van der Waals surface area contributed by atoms with Crippen molar-refractivity contribution in [1.82, 2.24) is 14.8 Å². The van der Waals surface area contributed by atoms with Gasteiger partial charge in [0.15, 0.2) is 0 Å². The van der Waals surface area contributed by atoms with Crippen molar-refractivity contribution >= 4 is 17.8 Å². The highest BCUT2D eigenvalue weighted by Gasteiger charge is 2.18. The van der Waals surface area contributed by atoms with Crippen LogP contribution in [0.4, 0.5) is 0 Å². The van der Waals surface area contributed by atoms with Gasteiger partial charge in [0.05, 0.1) is 17.8 Å². The summed E-state index contributed by atoms with van der Waals surface area (Å²) in [5, 5.41) is 8.90. The van der Waals surface area contributed by atoms with Gasteiger partial charge in [-0.1, -0.05) is 0 Å². The van der Waals surface area contributed by atoms with Crippen molar-refractivity contribution in [2.45, 2.75) is 6.92 Å². The molecule has 1 heterocycles. The zero-order valence-electron chi connectivity index (χ0n) is 11.9. The molecular formula is C13H17N3O4. The van der Waals surface area contributed by atoms with Crippen LogP contribution in [0.15, 0.2) is 12.1 Å². The number of carboxylic acid groups (broad SMARTS) is 1. The Labute approximate surface area is 116 Å². The van der Waals surface area contributed by atoms with Gasteiger partial charge in [-0.2, -0.15) is 0 Å². The van der Waals surface area contributed by atoms with Crippen molar-refractivity contribution < 1.29 is 19.5 Å². The van der Waals surface area contributed by atoms with E-state index in [4.69, 9.17) is 5.11 Å². The number of carboxylic acids is 1. The average Bonchev–Trinajstić information content (AvgIpc) is 2.36. The largest absolute Gasteiger partial charge is 0.478 e. The summed E-state index contributed by atoms with van der Waals surface area (Å²) >= 11 is 0. The Kier molecular flexibility index (Phi) is 4.79. The number of hydrogen-bond acceptors (Lipinski definition) is 4. The molecule has 0 bridgehead atoms. The topological polar surface area (TPSA) is 90.8 Å². The number of likely N-dealkylation sites (N-methyl/N-ethyl adjacent to an activating group) is 2. The Morgan fingerprint density at radius 2 is 1.80 bits per heavy atom. The number of carbonyl (C=O) groups is 3. The van der Waals surface area contributed by atoms with Crippen LogP contribution < -0.4 is 0 Å². The molecule has 0 radical (unpaired) electrons. The molecule has 0 saturated heterocycles. The van der Waals surface area contributed by atoms with Crippen LogP contribution in [-0.4, -0.2) is 65.4 Å². The van der Waals surface area contributed by atoms with Gasteiger partial charge in [0.2, 0.25) is 5.91 Å². The van der Waals surface area contributed by atoms with Crippen LogP contribution in [0.25, 0.3) is 0 Å². The summed E-state index contributed by atoms with van der Waals surface area (Å²) in [7, 11) is 4.70. The summed E-state index contributed by atoms with van der Waals surface area (Å²) in [5.41, 5.74) is 0.422. The van der Waals surface area contributed by atoms with Gasteiger partial charge < -0.3 is 14.9 Å². The van der Waals surface area contributed by atoms with E-state index in [1.54, 1.807) is 14.1 Å². The van der Waals surface area contributed by atoms with E-state index in [2.05, 4.69) is 4.98 Å². The predicted octanol–water partition coefficient (Wildman–Crippen LogP) is 0.248. The van der Waals surface area contributed by atoms with Crippen molar-refractivity contribution in [3.8, 4) is 0 Å². The third kappa shape index (κ3) is 3.53. The summed E-state index contributed by atoms with van der Waals surface area (Å²) in [6.45, 7) is 1.46. The van der Waals surface area contributed by atoms with E-state index in [0.29, 0.717) is 0 Å². The Morgan fingerprint density at radius 1 is 1.20 bits per heavy atom. The smallest absolute Gasteiger partial charge is 0.337 e. The normalized spacial score (nSPS) is 10.0. The van der Waals surface area contributed by atoms with Crippen molar-refractivity contribution in [3.05, 3.63) is 29.1 Å². The molecule has 0 atom stereocenters. The van der Waals surface area contributed by atoms with Crippen LogP contribution in [-0.2, 0) is 4.79 Å². The molecule has 0 spiro atoms. The molecule has 1 aromatic rings. The number of aromatic carboxylic acids is 1. The zero-order valence-corrected chi connectivity index (χ0v) is 11.9. The Balaban J connectivity index is 2.90. The van der Waals surface area contributed by atoms with Crippen molar-refractivity contribution in [2.24, 2.45) is 0 Å². The van der Waals surface area contributed by atoms with Crippen LogP contribution in [0.3, 0.4) is 0 Å². The molecule has 2 amide bonds. The summed E-state index contributed by atoms with van der Waals surface area (Å²) in [6.07, 6.45) is 0. The molecule has 0 fully saturated rings. The lowest BCUT2D eigenvalue weighted by atomic mass is 10.2. The van der Waals surface area contributed by atoms with Gasteiger partial charge >= 0.3 is 5.97 Å². The van der Waals surface area contributed by atoms with Gasteiger partial charge in [-0.3, -0.25) is 9.59 Å². The van der Waals surface area contributed by atoms with Crippen LogP contribution in [0.5, 0.6) is 0 Å². The number of rotatable bonds is 4. The second-order valence-electron chi connectivity index (χ2n) is 4.58. The first-order chi connectivity index (χ1) is 9.23. The lowest BCUT2D eigenvalue weighted by molar-refractivity contribution is -0.129. The van der Waals surface area contributed by atoms with E-state index < -0.39 is 11.9 Å². The molecule has 0 aliphatic carbocycles. The van der Waals surface area contributed by atoms with E-state index in [0.717, 1.165) is 0 Å². The molecule has 1 rings (SSSR count). The lowest BCUT2D eigenvalue weighted by Crippen LogP contribution is -2.38. The molecule has 0 aliphatic heterocycles.